The number of nitrogens with one attached hydrogen (secondary N) is 3. The van der Waals surface area contributed by atoms with Crippen LogP contribution in [0.3, 0.4) is 0 Å². The molecule has 2 unspecified atom stereocenters. The molecule has 0 saturated carbocycles. The summed E-state index contributed by atoms with van der Waals surface area (Å²) in [6, 6.07) is 1.09. The molecular weight excluding hydrogens is 164 g/mol. The summed E-state index contributed by atoms with van der Waals surface area (Å²) in [4.78, 5) is 4.33. The lowest BCUT2D eigenvalue weighted by atomic mass is 10.0. The van der Waals surface area contributed by atoms with Crippen molar-refractivity contribution in [1.82, 2.24) is 16.0 Å². The summed E-state index contributed by atoms with van der Waals surface area (Å²) in [6.07, 6.45) is 2.50. The Hall–Kier alpha value is -0.770. The van der Waals surface area contributed by atoms with Crippen LogP contribution in [0, 0.1) is 0 Å². The van der Waals surface area contributed by atoms with Crippen LogP contribution in [0.2, 0.25) is 0 Å². The molecule has 0 aromatic carbocycles. The highest BCUT2D eigenvalue weighted by Gasteiger charge is 2.21. The van der Waals surface area contributed by atoms with Gasteiger partial charge < -0.3 is 16.0 Å². The number of guanidine groups is 1. The number of aliphatic imine (C=N–C) groups is 1. The second-order valence-corrected chi connectivity index (χ2v) is 3.79. The van der Waals surface area contributed by atoms with Gasteiger partial charge in [-0.2, -0.15) is 0 Å². The van der Waals surface area contributed by atoms with E-state index < -0.39 is 0 Å². The maximum Gasteiger partial charge on any atom is 0.191 e. The Balaban J connectivity index is 1.85. The van der Waals surface area contributed by atoms with Crippen molar-refractivity contribution in [3.8, 4) is 0 Å². The normalized spacial score (nSPS) is 33.8. The highest BCUT2D eigenvalue weighted by molar-refractivity contribution is 5.81. The SMILES string of the molecule is CC1NCCCC1NC1=NCCN1. The Morgan fingerprint density at radius 1 is 1.46 bits per heavy atom. The van der Waals surface area contributed by atoms with Crippen molar-refractivity contribution in [2.24, 2.45) is 4.99 Å². The minimum Gasteiger partial charge on any atom is -0.355 e. The lowest BCUT2D eigenvalue weighted by Gasteiger charge is -2.31. The Morgan fingerprint density at radius 2 is 2.38 bits per heavy atom. The van der Waals surface area contributed by atoms with Gasteiger partial charge in [0.15, 0.2) is 5.96 Å². The number of piperidine rings is 1. The van der Waals surface area contributed by atoms with E-state index >= 15 is 0 Å². The van der Waals surface area contributed by atoms with Gasteiger partial charge in [-0.1, -0.05) is 0 Å². The molecule has 2 aliphatic heterocycles. The van der Waals surface area contributed by atoms with E-state index in [4.69, 9.17) is 0 Å². The largest absolute Gasteiger partial charge is 0.355 e. The van der Waals surface area contributed by atoms with Gasteiger partial charge >= 0.3 is 0 Å². The van der Waals surface area contributed by atoms with E-state index in [9.17, 15) is 0 Å². The molecule has 4 heteroatoms. The summed E-state index contributed by atoms with van der Waals surface area (Å²) >= 11 is 0. The van der Waals surface area contributed by atoms with Crippen molar-refractivity contribution < 1.29 is 0 Å². The zero-order valence-electron chi connectivity index (χ0n) is 8.14. The van der Waals surface area contributed by atoms with E-state index in [1.54, 1.807) is 0 Å². The number of hydrogen-bond donors (Lipinski definition) is 3. The monoisotopic (exact) mass is 182 g/mol. The molecule has 2 rings (SSSR count). The van der Waals surface area contributed by atoms with Crippen molar-refractivity contribution in [1.29, 1.82) is 0 Å². The third-order valence-corrected chi connectivity index (χ3v) is 2.76. The summed E-state index contributed by atoms with van der Waals surface area (Å²) in [6.45, 7) is 5.28. The smallest absolute Gasteiger partial charge is 0.191 e. The zero-order chi connectivity index (χ0) is 9.10. The molecule has 74 valence electrons. The van der Waals surface area contributed by atoms with Crippen LogP contribution in [0.5, 0.6) is 0 Å². The molecule has 0 amide bonds. The first-order valence-electron chi connectivity index (χ1n) is 5.14. The molecule has 1 fully saturated rings. The highest BCUT2D eigenvalue weighted by atomic mass is 15.2. The topological polar surface area (TPSA) is 48.5 Å². The molecule has 0 bridgehead atoms. The van der Waals surface area contributed by atoms with Crippen molar-refractivity contribution in [2.45, 2.75) is 31.8 Å². The first-order valence-corrected chi connectivity index (χ1v) is 5.14. The molecule has 0 aliphatic carbocycles. The predicted molar refractivity (Wildman–Crippen MR) is 53.9 cm³/mol. The van der Waals surface area contributed by atoms with E-state index in [1.165, 1.54) is 12.8 Å². The molecule has 2 heterocycles. The average Bonchev–Trinajstić information content (AvgIpc) is 2.61. The molecular formula is C9H18N4. The van der Waals surface area contributed by atoms with Gasteiger partial charge in [-0.15, -0.1) is 0 Å². The summed E-state index contributed by atoms with van der Waals surface area (Å²) < 4.78 is 0. The fraction of sp³-hybridized carbons (Fsp3) is 0.889. The van der Waals surface area contributed by atoms with Gasteiger partial charge in [0.05, 0.1) is 6.54 Å². The average molecular weight is 182 g/mol. The fourth-order valence-corrected chi connectivity index (χ4v) is 1.91. The quantitative estimate of drug-likeness (QED) is 0.521. The zero-order valence-corrected chi connectivity index (χ0v) is 8.14. The van der Waals surface area contributed by atoms with E-state index in [0.29, 0.717) is 12.1 Å². The Bertz CT molecular complexity index is 202. The highest BCUT2D eigenvalue weighted by Crippen LogP contribution is 2.07. The first kappa shape index (κ1) is 8.81. The van der Waals surface area contributed by atoms with Gasteiger partial charge in [-0.05, 0) is 26.3 Å². The molecule has 4 nitrogen and oxygen atoms in total. The van der Waals surface area contributed by atoms with Gasteiger partial charge in [0, 0.05) is 18.6 Å². The predicted octanol–water partition coefficient (Wildman–Crippen LogP) is -0.324. The van der Waals surface area contributed by atoms with Gasteiger partial charge in [-0.25, -0.2) is 0 Å². The number of hydrogen-bond acceptors (Lipinski definition) is 4. The van der Waals surface area contributed by atoms with Crippen LogP contribution >= 0.6 is 0 Å². The number of nitrogens with zero attached hydrogens (tertiary/aromatic N) is 1. The minimum absolute atomic E-state index is 0.540. The van der Waals surface area contributed by atoms with Crippen LogP contribution < -0.4 is 16.0 Å². The molecule has 0 radical (unpaired) electrons. The minimum atomic E-state index is 0.540. The molecule has 2 atom stereocenters. The Morgan fingerprint density at radius 3 is 3.08 bits per heavy atom. The maximum absolute atomic E-state index is 4.33. The Kier molecular flexibility index (Phi) is 2.68. The van der Waals surface area contributed by atoms with Crippen molar-refractivity contribution in [3.63, 3.8) is 0 Å². The van der Waals surface area contributed by atoms with Crippen LogP contribution in [0.1, 0.15) is 19.8 Å². The summed E-state index contributed by atoms with van der Waals surface area (Å²) in [5, 5.41) is 10.1. The van der Waals surface area contributed by atoms with Crippen LogP contribution in [0.15, 0.2) is 4.99 Å². The number of rotatable bonds is 1. The van der Waals surface area contributed by atoms with Crippen molar-refractivity contribution in [3.05, 3.63) is 0 Å². The van der Waals surface area contributed by atoms with Gasteiger partial charge in [0.1, 0.15) is 0 Å². The molecule has 0 spiro atoms. The molecule has 1 saturated heterocycles. The molecule has 13 heavy (non-hydrogen) atoms. The summed E-state index contributed by atoms with van der Waals surface area (Å²) in [5.41, 5.74) is 0. The Labute approximate surface area is 79.2 Å². The van der Waals surface area contributed by atoms with E-state index in [1.807, 2.05) is 0 Å². The molecule has 0 aromatic heterocycles. The summed E-state index contributed by atoms with van der Waals surface area (Å²) in [5.74, 6) is 0.987. The first-order chi connectivity index (χ1) is 6.36. The van der Waals surface area contributed by atoms with Crippen LogP contribution in [0.25, 0.3) is 0 Å². The van der Waals surface area contributed by atoms with E-state index in [0.717, 1.165) is 25.6 Å². The lowest BCUT2D eigenvalue weighted by Crippen LogP contribution is -2.53. The van der Waals surface area contributed by atoms with E-state index in [2.05, 4.69) is 27.9 Å². The lowest BCUT2D eigenvalue weighted by molar-refractivity contribution is 0.346. The summed E-state index contributed by atoms with van der Waals surface area (Å²) in [7, 11) is 0. The van der Waals surface area contributed by atoms with Crippen molar-refractivity contribution in [2.75, 3.05) is 19.6 Å². The third kappa shape index (κ3) is 2.12. The van der Waals surface area contributed by atoms with E-state index in [-0.39, 0.29) is 0 Å². The molecule has 3 N–H and O–H groups in total. The van der Waals surface area contributed by atoms with Crippen LogP contribution in [-0.2, 0) is 0 Å². The van der Waals surface area contributed by atoms with Crippen LogP contribution in [-0.4, -0.2) is 37.7 Å². The second kappa shape index (κ2) is 3.96. The van der Waals surface area contributed by atoms with Crippen LogP contribution in [0.4, 0.5) is 0 Å². The van der Waals surface area contributed by atoms with Gasteiger partial charge in [0.2, 0.25) is 0 Å². The van der Waals surface area contributed by atoms with Crippen molar-refractivity contribution >= 4 is 5.96 Å². The maximum atomic E-state index is 4.33. The second-order valence-electron chi connectivity index (χ2n) is 3.79. The van der Waals surface area contributed by atoms with Gasteiger partial charge in [-0.3, -0.25) is 4.99 Å². The van der Waals surface area contributed by atoms with Gasteiger partial charge in [0.25, 0.3) is 0 Å². The fourth-order valence-electron chi connectivity index (χ4n) is 1.91. The molecule has 2 aliphatic rings. The third-order valence-electron chi connectivity index (χ3n) is 2.76. The standard InChI is InChI=1S/C9H18N4/c1-7-8(3-2-4-10-7)13-9-11-5-6-12-9/h7-8,10H,2-6H2,1H3,(H2,11,12,13). The molecule has 0 aromatic rings.